The first kappa shape index (κ1) is 12.8. The van der Waals surface area contributed by atoms with Crippen molar-refractivity contribution in [1.82, 2.24) is 9.97 Å². The first-order valence-corrected chi connectivity index (χ1v) is 6.03. The lowest BCUT2D eigenvalue weighted by atomic mass is 10.1. The zero-order valence-corrected chi connectivity index (χ0v) is 10.9. The van der Waals surface area contributed by atoms with Gasteiger partial charge < -0.3 is 5.32 Å². The Morgan fingerprint density at radius 2 is 1.89 bits per heavy atom. The van der Waals surface area contributed by atoms with Crippen LogP contribution in [0.25, 0.3) is 0 Å². The fourth-order valence-corrected chi connectivity index (χ4v) is 1.97. The minimum absolute atomic E-state index is 0.203. The number of benzene rings is 1. The van der Waals surface area contributed by atoms with Gasteiger partial charge in [0.25, 0.3) is 0 Å². The molecule has 0 spiro atoms. The van der Waals surface area contributed by atoms with Crippen LogP contribution in [-0.4, -0.2) is 9.97 Å². The minimum Gasteiger partial charge on any atom is -0.340 e. The smallest absolute Gasteiger partial charge is 0.224 e. The van der Waals surface area contributed by atoms with Crippen molar-refractivity contribution in [2.75, 3.05) is 5.32 Å². The number of hydrogen-bond donors (Lipinski definition) is 1. The standard InChI is InChI=1S/C13H13ClFN3/c1-3-11-8(2)16-13(14)18-12(11)17-10-6-4-9(15)5-7-10/h4-7H,3H2,1-2H3,(H,16,17,18). The Kier molecular flexibility index (Phi) is 3.77. The van der Waals surface area contributed by atoms with Gasteiger partial charge in [-0.3, -0.25) is 0 Å². The Balaban J connectivity index is 2.36. The topological polar surface area (TPSA) is 37.8 Å². The molecule has 3 nitrogen and oxygen atoms in total. The molecule has 0 atom stereocenters. The number of nitrogens with one attached hydrogen (secondary N) is 1. The summed E-state index contributed by atoms with van der Waals surface area (Å²) in [5.41, 5.74) is 2.62. The van der Waals surface area contributed by atoms with E-state index in [0.29, 0.717) is 5.82 Å². The van der Waals surface area contributed by atoms with Gasteiger partial charge in [-0.15, -0.1) is 0 Å². The van der Waals surface area contributed by atoms with Crippen molar-refractivity contribution in [3.63, 3.8) is 0 Å². The molecule has 1 aromatic carbocycles. The molecular weight excluding hydrogens is 253 g/mol. The predicted molar refractivity (Wildman–Crippen MR) is 70.8 cm³/mol. The Labute approximate surface area is 110 Å². The molecule has 0 radical (unpaired) electrons. The van der Waals surface area contributed by atoms with Crippen molar-refractivity contribution in [3.05, 3.63) is 46.6 Å². The highest BCUT2D eigenvalue weighted by atomic mass is 35.5. The van der Waals surface area contributed by atoms with Crippen molar-refractivity contribution in [2.24, 2.45) is 0 Å². The van der Waals surface area contributed by atoms with Gasteiger partial charge in [-0.25, -0.2) is 14.4 Å². The van der Waals surface area contributed by atoms with Gasteiger partial charge in [0.1, 0.15) is 11.6 Å². The summed E-state index contributed by atoms with van der Waals surface area (Å²) in [4.78, 5) is 8.29. The third-order valence-corrected chi connectivity index (χ3v) is 2.82. The van der Waals surface area contributed by atoms with Gasteiger partial charge >= 0.3 is 0 Å². The van der Waals surface area contributed by atoms with E-state index in [9.17, 15) is 4.39 Å². The van der Waals surface area contributed by atoms with Gasteiger partial charge in [0, 0.05) is 16.9 Å². The highest BCUT2D eigenvalue weighted by molar-refractivity contribution is 6.28. The van der Waals surface area contributed by atoms with Crippen molar-refractivity contribution < 1.29 is 4.39 Å². The summed E-state index contributed by atoms with van der Waals surface area (Å²) in [6.45, 7) is 3.91. The van der Waals surface area contributed by atoms with Gasteiger partial charge in [-0.2, -0.15) is 0 Å². The fourth-order valence-electron chi connectivity index (χ4n) is 1.76. The van der Waals surface area contributed by atoms with Crippen LogP contribution in [0, 0.1) is 12.7 Å². The van der Waals surface area contributed by atoms with Crippen molar-refractivity contribution in [1.29, 1.82) is 0 Å². The third-order valence-electron chi connectivity index (χ3n) is 2.65. The first-order valence-electron chi connectivity index (χ1n) is 5.65. The summed E-state index contributed by atoms with van der Waals surface area (Å²) in [5, 5.41) is 3.33. The van der Waals surface area contributed by atoms with Crippen LogP contribution in [0.3, 0.4) is 0 Å². The van der Waals surface area contributed by atoms with Crippen molar-refractivity contribution in [2.45, 2.75) is 20.3 Å². The highest BCUT2D eigenvalue weighted by Gasteiger charge is 2.09. The van der Waals surface area contributed by atoms with E-state index in [2.05, 4.69) is 15.3 Å². The second-order valence-corrected chi connectivity index (χ2v) is 4.23. The van der Waals surface area contributed by atoms with Crippen LogP contribution in [0.15, 0.2) is 24.3 Å². The van der Waals surface area contributed by atoms with Crippen LogP contribution in [0.1, 0.15) is 18.2 Å². The maximum Gasteiger partial charge on any atom is 0.224 e. The van der Waals surface area contributed by atoms with E-state index in [1.54, 1.807) is 12.1 Å². The summed E-state index contributed by atoms with van der Waals surface area (Å²) in [6.07, 6.45) is 0.798. The Hall–Kier alpha value is -1.68. The molecule has 0 bridgehead atoms. The van der Waals surface area contributed by atoms with E-state index in [-0.39, 0.29) is 11.1 Å². The maximum absolute atomic E-state index is 12.8. The number of aromatic nitrogens is 2. The number of aryl methyl sites for hydroxylation is 1. The molecule has 94 valence electrons. The summed E-state index contributed by atoms with van der Waals surface area (Å²) in [5.74, 6) is 0.398. The van der Waals surface area contributed by atoms with Crippen LogP contribution < -0.4 is 5.32 Å². The SMILES string of the molecule is CCc1c(C)nc(Cl)nc1Nc1ccc(F)cc1. The van der Waals surface area contributed by atoms with Crippen LogP contribution >= 0.6 is 11.6 Å². The molecule has 0 aliphatic carbocycles. The normalized spacial score (nSPS) is 10.4. The molecule has 1 aromatic heterocycles. The molecule has 5 heteroatoms. The minimum atomic E-state index is -0.270. The van der Waals surface area contributed by atoms with Gasteiger partial charge in [0.05, 0.1) is 0 Å². The zero-order valence-electron chi connectivity index (χ0n) is 10.2. The van der Waals surface area contributed by atoms with E-state index in [1.807, 2.05) is 13.8 Å². The van der Waals surface area contributed by atoms with Gasteiger partial charge in [-0.1, -0.05) is 6.92 Å². The lowest BCUT2D eigenvalue weighted by Gasteiger charge is -2.12. The Morgan fingerprint density at radius 3 is 2.50 bits per heavy atom. The Bertz CT molecular complexity index is 555. The first-order chi connectivity index (χ1) is 8.60. The average molecular weight is 266 g/mol. The number of nitrogens with zero attached hydrogens (tertiary/aromatic N) is 2. The van der Waals surface area contributed by atoms with E-state index in [4.69, 9.17) is 11.6 Å². The van der Waals surface area contributed by atoms with E-state index in [0.717, 1.165) is 23.4 Å². The quantitative estimate of drug-likeness (QED) is 0.856. The fraction of sp³-hybridized carbons (Fsp3) is 0.231. The average Bonchev–Trinajstić information content (AvgIpc) is 2.32. The third kappa shape index (κ3) is 2.76. The monoisotopic (exact) mass is 265 g/mol. The molecule has 1 N–H and O–H groups in total. The summed E-state index contributed by atoms with van der Waals surface area (Å²) in [6, 6.07) is 6.09. The molecule has 1 heterocycles. The molecule has 0 fully saturated rings. The maximum atomic E-state index is 12.8. The number of anilines is 2. The van der Waals surface area contributed by atoms with Gasteiger partial charge in [0.2, 0.25) is 5.28 Å². The van der Waals surface area contributed by atoms with E-state index >= 15 is 0 Å². The van der Waals surface area contributed by atoms with Crippen molar-refractivity contribution in [3.8, 4) is 0 Å². The largest absolute Gasteiger partial charge is 0.340 e. The molecule has 0 aliphatic heterocycles. The van der Waals surface area contributed by atoms with Crippen LogP contribution in [0.4, 0.5) is 15.9 Å². The van der Waals surface area contributed by atoms with E-state index in [1.165, 1.54) is 12.1 Å². The van der Waals surface area contributed by atoms with Crippen LogP contribution in [-0.2, 0) is 6.42 Å². The summed E-state index contributed by atoms with van der Waals surface area (Å²) < 4.78 is 12.8. The number of hydrogen-bond acceptors (Lipinski definition) is 3. The Morgan fingerprint density at radius 1 is 1.22 bits per heavy atom. The second kappa shape index (κ2) is 5.31. The molecule has 2 aromatic rings. The molecule has 0 amide bonds. The highest BCUT2D eigenvalue weighted by Crippen LogP contribution is 2.23. The number of rotatable bonds is 3. The van der Waals surface area contributed by atoms with Crippen LogP contribution in [0.2, 0.25) is 5.28 Å². The molecule has 0 saturated heterocycles. The van der Waals surface area contributed by atoms with Crippen molar-refractivity contribution >= 4 is 23.1 Å². The second-order valence-electron chi connectivity index (χ2n) is 3.89. The van der Waals surface area contributed by atoms with Gasteiger partial charge in [-0.05, 0) is 49.2 Å². The lowest BCUT2D eigenvalue weighted by Crippen LogP contribution is -2.03. The predicted octanol–water partition coefficient (Wildman–Crippen LogP) is 3.88. The molecule has 0 saturated carbocycles. The van der Waals surface area contributed by atoms with E-state index < -0.39 is 0 Å². The summed E-state index contributed by atoms with van der Waals surface area (Å²) >= 11 is 5.85. The number of halogens is 2. The molecular formula is C13H13ClFN3. The lowest BCUT2D eigenvalue weighted by molar-refractivity contribution is 0.628. The molecule has 18 heavy (non-hydrogen) atoms. The van der Waals surface area contributed by atoms with Crippen LogP contribution in [0.5, 0.6) is 0 Å². The molecule has 2 rings (SSSR count). The molecule has 0 unspecified atom stereocenters. The zero-order chi connectivity index (χ0) is 13.1. The van der Waals surface area contributed by atoms with Gasteiger partial charge in [0.15, 0.2) is 0 Å². The summed E-state index contributed by atoms with van der Waals surface area (Å²) in [7, 11) is 0. The molecule has 0 aliphatic rings.